The predicted octanol–water partition coefficient (Wildman–Crippen LogP) is 2.17. The van der Waals surface area contributed by atoms with Gasteiger partial charge in [0, 0.05) is 5.69 Å². The zero-order chi connectivity index (χ0) is 15.4. The molecule has 0 spiro atoms. The van der Waals surface area contributed by atoms with Crippen LogP contribution >= 0.6 is 0 Å². The maximum Gasteiger partial charge on any atom is 0.326 e. The summed E-state index contributed by atoms with van der Waals surface area (Å²) in [6, 6.07) is 2.51. The maximum absolute atomic E-state index is 13.0. The first-order valence-corrected chi connectivity index (χ1v) is 7.07. The summed E-state index contributed by atoms with van der Waals surface area (Å²) in [5.74, 6) is -2.23. The van der Waals surface area contributed by atoms with Gasteiger partial charge >= 0.3 is 5.97 Å². The Labute approximate surface area is 122 Å². The van der Waals surface area contributed by atoms with E-state index < -0.39 is 23.7 Å². The topological polar surface area (TPSA) is 92.4 Å². The number of nitrogens with one attached hydrogen (secondary N) is 1. The number of amides is 1. The monoisotopic (exact) mass is 294 g/mol. The van der Waals surface area contributed by atoms with Crippen molar-refractivity contribution in [2.45, 2.75) is 38.1 Å². The van der Waals surface area contributed by atoms with Crippen molar-refractivity contribution in [2.75, 3.05) is 5.73 Å². The number of carbonyl (C=O) groups excluding carboxylic acids is 1. The zero-order valence-electron chi connectivity index (χ0n) is 11.6. The number of carbonyl (C=O) groups is 2. The average molecular weight is 294 g/mol. The van der Waals surface area contributed by atoms with E-state index in [0.717, 1.165) is 44.2 Å². The van der Waals surface area contributed by atoms with Gasteiger partial charge in [0.05, 0.1) is 5.56 Å². The van der Waals surface area contributed by atoms with Crippen LogP contribution in [0.5, 0.6) is 0 Å². The fourth-order valence-electron chi connectivity index (χ4n) is 2.81. The van der Waals surface area contributed by atoms with Crippen molar-refractivity contribution in [3.8, 4) is 0 Å². The Hall–Kier alpha value is -2.11. The largest absolute Gasteiger partial charge is 0.480 e. The standard InChI is InChI=1S/C15H19FN2O3/c16-10-6-7-11(12(17)8-10)14(19)18-13(15(20)21)9-4-2-1-3-5-9/h6-9,13H,1-5,17H2,(H,18,19)(H,20,21)/t13-/m0/s1. The number of aliphatic carboxylic acids is 1. The Morgan fingerprint density at radius 3 is 2.52 bits per heavy atom. The predicted molar refractivity (Wildman–Crippen MR) is 76.3 cm³/mol. The van der Waals surface area contributed by atoms with Gasteiger partial charge < -0.3 is 16.2 Å². The van der Waals surface area contributed by atoms with Crippen LogP contribution in [0.2, 0.25) is 0 Å². The van der Waals surface area contributed by atoms with E-state index in [0.29, 0.717) is 0 Å². The molecule has 114 valence electrons. The third-order valence-corrected chi connectivity index (χ3v) is 3.93. The molecule has 1 fully saturated rings. The highest BCUT2D eigenvalue weighted by molar-refractivity contribution is 6.00. The van der Waals surface area contributed by atoms with E-state index in [1.807, 2.05) is 0 Å². The number of rotatable bonds is 4. The zero-order valence-corrected chi connectivity index (χ0v) is 11.6. The number of benzene rings is 1. The number of nitrogen functional groups attached to an aromatic ring is 1. The highest BCUT2D eigenvalue weighted by Gasteiger charge is 2.31. The second-order valence-corrected chi connectivity index (χ2v) is 5.42. The summed E-state index contributed by atoms with van der Waals surface area (Å²) >= 11 is 0. The van der Waals surface area contributed by atoms with Gasteiger partial charge in [0.25, 0.3) is 5.91 Å². The van der Waals surface area contributed by atoms with E-state index in [-0.39, 0.29) is 17.2 Å². The van der Waals surface area contributed by atoms with Crippen molar-refractivity contribution in [1.82, 2.24) is 5.32 Å². The fourth-order valence-corrected chi connectivity index (χ4v) is 2.81. The van der Waals surface area contributed by atoms with Crippen LogP contribution in [0.4, 0.5) is 10.1 Å². The van der Waals surface area contributed by atoms with Crippen LogP contribution < -0.4 is 11.1 Å². The quantitative estimate of drug-likeness (QED) is 0.742. The van der Waals surface area contributed by atoms with E-state index in [4.69, 9.17) is 5.73 Å². The van der Waals surface area contributed by atoms with Gasteiger partial charge in [-0.25, -0.2) is 9.18 Å². The molecule has 1 aliphatic carbocycles. The normalized spacial score (nSPS) is 17.2. The number of anilines is 1. The minimum atomic E-state index is -1.05. The summed E-state index contributed by atoms with van der Waals surface area (Å²) in [6.45, 7) is 0. The fraction of sp³-hybridized carbons (Fsp3) is 0.467. The first kappa shape index (κ1) is 15.3. The molecule has 0 aliphatic heterocycles. The van der Waals surface area contributed by atoms with Crippen LogP contribution in [0.25, 0.3) is 0 Å². The lowest BCUT2D eigenvalue weighted by molar-refractivity contribution is -0.141. The number of hydrogen-bond acceptors (Lipinski definition) is 3. The lowest BCUT2D eigenvalue weighted by Gasteiger charge is -2.28. The molecule has 0 radical (unpaired) electrons. The molecule has 0 saturated heterocycles. The van der Waals surface area contributed by atoms with Crippen molar-refractivity contribution >= 4 is 17.6 Å². The summed E-state index contributed by atoms with van der Waals surface area (Å²) in [5.41, 5.74) is 5.70. The Kier molecular flexibility index (Phi) is 4.77. The number of hydrogen-bond donors (Lipinski definition) is 3. The molecule has 1 atom stereocenters. The van der Waals surface area contributed by atoms with Crippen LogP contribution in [-0.2, 0) is 4.79 Å². The molecule has 0 bridgehead atoms. The highest BCUT2D eigenvalue weighted by atomic mass is 19.1. The van der Waals surface area contributed by atoms with Crippen molar-refractivity contribution in [3.05, 3.63) is 29.6 Å². The molecule has 21 heavy (non-hydrogen) atoms. The molecule has 4 N–H and O–H groups in total. The third kappa shape index (κ3) is 3.71. The molecular weight excluding hydrogens is 275 g/mol. The van der Waals surface area contributed by atoms with E-state index in [9.17, 15) is 19.1 Å². The number of carboxylic acid groups (broad SMARTS) is 1. The van der Waals surface area contributed by atoms with Gasteiger partial charge in [-0.15, -0.1) is 0 Å². The van der Waals surface area contributed by atoms with E-state index in [2.05, 4.69) is 5.32 Å². The molecule has 0 aromatic heterocycles. The first-order valence-electron chi connectivity index (χ1n) is 7.07. The molecule has 0 heterocycles. The third-order valence-electron chi connectivity index (χ3n) is 3.93. The molecule has 1 aromatic carbocycles. The minimum Gasteiger partial charge on any atom is -0.480 e. The van der Waals surface area contributed by atoms with Gasteiger partial charge in [-0.05, 0) is 37.0 Å². The molecule has 1 saturated carbocycles. The van der Waals surface area contributed by atoms with E-state index in [1.54, 1.807) is 0 Å². The van der Waals surface area contributed by atoms with Crippen molar-refractivity contribution < 1.29 is 19.1 Å². The van der Waals surface area contributed by atoms with Gasteiger partial charge in [-0.1, -0.05) is 19.3 Å². The van der Waals surface area contributed by atoms with Crippen LogP contribution in [-0.4, -0.2) is 23.0 Å². The summed E-state index contributed by atoms with van der Waals surface area (Å²) in [7, 11) is 0. The Bertz CT molecular complexity index is 542. The Balaban J connectivity index is 2.12. The molecule has 0 unspecified atom stereocenters. The van der Waals surface area contributed by atoms with Gasteiger partial charge in [-0.3, -0.25) is 4.79 Å². The summed E-state index contributed by atoms with van der Waals surface area (Å²) < 4.78 is 13.0. The molecule has 2 rings (SSSR count). The molecule has 1 aromatic rings. The first-order chi connectivity index (χ1) is 9.99. The van der Waals surface area contributed by atoms with Gasteiger partial charge in [0.1, 0.15) is 11.9 Å². The smallest absolute Gasteiger partial charge is 0.326 e. The molecule has 1 amide bonds. The number of nitrogens with two attached hydrogens (primary N) is 1. The van der Waals surface area contributed by atoms with Gasteiger partial charge in [0.15, 0.2) is 0 Å². The van der Waals surface area contributed by atoms with Crippen LogP contribution in [0.3, 0.4) is 0 Å². The molecule has 1 aliphatic rings. The number of halogens is 1. The van der Waals surface area contributed by atoms with Gasteiger partial charge in [-0.2, -0.15) is 0 Å². The second kappa shape index (κ2) is 6.56. The van der Waals surface area contributed by atoms with E-state index >= 15 is 0 Å². The highest BCUT2D eigenvalue weighted by Crippen LogP contribution is 2.27. The van der Waals surface area contributed by atoms with Crippen LogP contribution in [0.15, 0.2) is 18.2 Å². The lowest BCUT2D eigenvalue weighted by atomic mass is 9.84. The van der Waals surface area contributed by atoms with Gasteiger partial charge in [0.2, 0.25) is 0 Å². The second-order valence-electron chi connectivity index (χ2n) is 5.42. The molecule has 5 nitrogen and oxygen atoms in total. The van der Waals surface area contributed by atoms with E-state index in [1.165, 1.54) is 6.07 Å². The minimum absolute atomic E-state index is 0.000262. The summed E-state index contributed by atoms with van der Waals surface area (Å²) in [4.78, 5) is 23.6. The van der Waals surface area contributed by atoms with Crippen molar-refractivity contribution in [1.29, 1.82) is 0 Å². The number of carboxylic acids is 1. The van der Waals surface area contributed by atoms with Crippen molar-refractivity contribution in [2.24, 2.45) is 5.92 Å². The Morgan fingerprint density at radius 2 is 1.95 bits per heavy atom. The average Bonchev–Trinajstić information content (AvgIpc) is 2.45. The summed E-state index contributed by atoms with van der Waals surface area (Å²) in [6.07, 6.45) is 4.62. The molecule has 6 heteroatoms. The molecular formula is C15H19FN2O3. The van der Waals surface area contributed by atoms with Crippen molar-refractivity contribution in [3.63, 3.8) is 0 Å². The maximum atomic E-state index is 13.0. The van der Waals surface area contributed by atoms with Crippen LogP contribution in [0, 0.1) is 11.7 Å². The SMILES string of the molecule is Nc1cc(F)ccc1C(=O)N[C@H](C(=O)O)C1CCCCC1. The Morgan fingerprint density at radius 1 is 1.29 bits per heavy atom. The summed E-state index contributed by atoms with van der Waals surface area (Å²) in [5, 5.41) is 11.9. The lowest BCUT2D eigenvalue weighted by Crippen LogP contribution is -2.46. The van der Waals surface area contributed by atoms with Crippen LogP contribution in [0.1, 0.15) is 42.5 Å².